The van der Waals surface area contributed by atoms with Gasteiger partial charge in [-0.3, -0.25) is 4.79 Å². The van der Waals surface area contributed by atoms with Crippen molar-refractivity contribution in [3.63, 3.8) is 0 Å². The minimum Gasteiger partial charge on any atom is -0.496 e. The second-order valence-electron chi connectivity index (χ2n) is 7.86. The van der Waals surface area contributed by atoms with E-state index in [0.29, 0.717) is 35.7 Å². The standard InChI is InChI=1S/C24H23F4N3O4/c1-33-20-10-9-15(25)12-18(20)19-13-16(30-31(19)22-8-4-5-11-34-22)14-29-23(32)17-6-2-3-7-21(17)35-24(26,27)28/h2-3,6-7,9-10,12-13,22H,4-5,8,11,14H2,1H3,(H,29,32). The number of methoxy groups -OCH3 is 1. The molecule has 1 atom stereocenters. The Bertz CT molecular complexity index is 1190. The van der Waals surface area contributed by atoms with E-state index in [-0.39, 0.29) is 12.1 Å². The summed E-state index contributed by atoms with van der Waals surface area (Å²) in [5.41, 5.74) is 1.11. The van der Waals surface area contributed by atoms with Crippen molar-refractivity contribution >= 4 is 5.91 Å². The van der Waals surface area contributed by atoms with Crippen molar-refractivity contribution in [2.24, 2.45) is 0 Å². The van der Waals surface area contributed by atoms with Gasteiger partial charge in [0.05, 0.1) is 30.6 Å². The molecule has 1 aliphatic rings. The summed E-state index contributed by atoms with van der Waals surface area (Å²) in [5, 5.41) is 7.12. The minimum atomic E-state index is -4.94. The van der Waals surface area contributed by atoms with E-state index in [1.165, 1.54) is 43.5 Å². The Morgan fingerprint density at radius 3 is 2.69 bits per heavy atom. The number of rotatable bonds is 7. The van der Waals surface area contributed by atoms with Crippen LogP contribution in [0.15, 0.2) is 48.5 Å². The quantitative estimate of drug-likeness (QED) is 0.457. The lowest BCUT2D eigenvalue weighted by atomic mass is 10.1. The molecule has 0 radical (unpaired) electrons. The van der Waals surface area contributed by atoms with Crippen molar-refractivity contribution in [3.8, 4) is 22.8 Å². The van der Waals surface area contributed by atoms with Gasteiger partial charge in [0.2, 0.25) is 0 Å². The van der Waals surface area contributed by atoms with Crippen LogP contribution in [0.5, 0.6) is 11.5 Å². The molecule has 35 heavy (non-hydrogen) atoms. The van der Waals surface area contributed by atoms with Gasteiger partial charge in [-0.25, -0.2) is 9.07 Å². The van der Waals surface area contributed by atoms with Crippen LogP contribution < -0.4 is 14.8 Å². The molecular formula is C24H23F4N3O4. The molecule has 0 spiro atoms. The summed E-state index contributed by atoms with van der Waals surface area (Å²) in [7, 11) is 1.47. The number of para-hydroxylation sites is 1. The van der Waals surface area contributed by atoms with Crippen LogP contribution in [0.1, 0.15) is 41.5 Å². The Balaban J connectivity index is 1.61. The Morgan fingerprint density at radius 1 is 1.17 bits per heavy atom. The van der Waals surface area contributed by atoms with Crippen LogP contribution in [0.3, 0.4) is 0 Å². The van der Waals surface area contributed by atoms with Gasteiger partial charge >= 0.3 is 6.36 Å². The van der Waals surface area contributed by atoms with Crippen LogP contribution in [0.25, 0.3) is 11.3 Å². The highest BCUT2D eigenvalue weighted by Crippen LogP contribution is 2.35. The first-order chi connectivity index (χ1) is 16.7. The molecule has 1 N–H and O–H groups in total. The summed E-state index contributed by atoms with van der Waals surface area (Å²) in [5.74, 6) is -1.41. The highest BCUT2D eigenvalue weighted by atomic mass is 19.4. The minimum absolute atomic E-state index is 0.0937. The van der Waals surface area contributed by atoms with Gasteiger partial charge in [0.1, 0.15) is 17.3 Å². The Morgan fingerprint density at radius 2 is 1.97 bits per heavy atom. The van der Waals surface area contributed by atoms with E-state index in [1.54, 1.807) is 10.7 Å². The SMILES string of the molecule is COc1ccc(F)cc1-c1cc(CNC(=O)c2ccccc2OC(F)(F)F)nn1C1CCCCO1. The fraction of sp³-hybridized carbons (Fsp3) is 0.333. The molecule has 1 saturated heterocycles. The second-order valence-corrected chi connectivity index (χ2v) is 7.86. The van der Waals surface area contributed by atoms with E-state index >= 15 is 0 Å². The predicted molar refractivity (Wildman–Crippen MR) is 117 cm³/mol. The van der Waals surface area contributed by atoms with E-state index in [4.69, 9.17) is 9.47 Å². The number of aromatic nitrogens is 2. The molecule has 1 aromatic heterocycles. The van der Waals surface area contributed by atoms with E-state index in [0.717, 1.165) is 18.9 Å². The zero-order valence-corrected chi connectivity index (χ0v) is 18.8. The number of alkyl halides is 3. The van der Waals surface area contributed by atoms with Crippen molar-refractivity contribution in [2.45, 2.75) is 38.4 Å². The molecule has 1 amide bonds. The van der Waals surface area contributed by atoms with Crippen LogP contribution in [-0.4, -0.2) is 35.8 Å². The first kappa shape index (κ1) is 24.5. The summed E-state index contributed by atoms with van der Waals surface area (Å²) >= 11 is 0. The molecular weight excluding hydrogens is 470 g/mol. The van der Waals surface area contributed by atoms with Crippen molar-refractivity contribution in [2.75, 3.05) is 13.7 Å². The lowest BCUT2D eigenvalue weighted by molar-refractivity contribution is -0.274. The van der Waals surface area contributed by atoms with Crippen LogP contribution >= 0.6 is 0 Å². The number of carbonyl (C=O) groups is 1. The topological polar surface area (TPSA) is 74.6 Å². The molecule has 1 fully saturated rings. The van der Waals surface area contributed by atoms with Gasteiger partial charge < -0.3 is 19.5 Å². The highest BCUT2D eigenvalue weighted by Gasteiger charge is 2.33. The molecule has 2 aromatic carbocycles. The third-order valence-corrected chi connectivity index (χ3v) is 5.44. The molecule has 2 heterocycles. The largest absolute Gasteiger partial charge is 0.573 e. The number of nitrogens with one attached hydrogen (secondary N) is 1. The average Bonchev–Trinajstić information content (AvgIpc) is 3.26. The number of amides is 1. The maximum atomic E-state index is 14.1. The predicted octanol–water partition coefficient (Wildman–Crippen LogP) is 5.23. The molecule has 1 aliphatic heterocycles. The maximum absolute atomic E-state index is 14.1. The fourth-order valence-corrected chi connectivity index (χ4v) is 3.88. The van der Waals surface area contributed by atoms with E-state index in [9.17, 15) is 22.4 Å². The maximum Gasteiger partial charge on any atom is 0.573 e. The lowest BCUT2D eigenvalue weighted by Crippen LogP contribution is -2.26. The number of nitrogens with zero attached hydrogens (tertiary/aromatic N) is 2. The van der Waals surface area contributed by atoms with Gasteiger partial charge in [-0.05, 0) is 55.7 Å². The summed E-state index contributed by atoms with van der Waals surface area (Å²) < 4.78 is 69.0. The first-order valence-electron chi connectivity index (χ1n) is 10.9. The number of hydrogen-bond acceptors (Lipinski definition) is 5. The lowest BCUT2D eigenvalue weighted by Gasteiger charge is -2.25. The van der Waals surface area contributed by atoms with Gasteiger partial charge in [-0.15, -0.1) is 13.2 Å². The summed E-state index contributed by atoms with van der Waals surface area (Å²) in [6.07, 6.45) is -2.80. The van der Waals surface area contributed by atoms with Crippen LogP contribution in [0.2, 0.25) is 0 Å². The molecule has 4 rings (SSSR count). The van der Waals surface area contributed by atoms with Gasteiger partial charge in [-0.1, -0.05) is 12.1 Å². The van der Waals surface area contributed by atoms with Crippen molar-refractivity contribution in [1.82, 2.24) is 15.1 Å². The average molecular weight is 493 g/mol. The normalized spacial score (nSPS) is 16.1. The fourth-order valence-electron chi connectivity index (χ4n) is 3.88. The molecule has 0 saturated carbocycles. The van der Waals surface area contributed by atoms with E-state index in [1.807, 2.05) is 0 Å². The van der Waals surface area contributed by atoms with Gasteiger partial charge in [-0.2, -0.15) is 5.10 Å². The molecule has 3 aromatic rings. The Kier molecular flexibility index (Phi) is 7.25. The molecule has 7 nitrogen and oxygen atoms in total. The van der Waals surface area contributed by atoms with Crippen LogP contribution in [0.4, 0.5) is 17.6 Å². The van der Waals surface area contributed by atoms with Crippen molar-refractivity contribution in [3.05, 3.63) is 65.6 Å². The van der Waals surface area contributed by atoms with E-state index in [2.05, 4.69) is 15.2 Å². The van der Waals surface area contributed by atoms with Crippen LogP contribution in [-0.2, 0) is 11.3 Å². The Labute approximate surface area is 198 Å². The zero-order valence-electron chi connectivity index (χ0n) is 18.8. The molecule has 0 bridgehead atoms. The van der Waals surface area contributed by atoms with Crippen molar-refractivity contribution in [1.29, 1.82) is 0 Å². The number of ether oxygens (including phenoxy) is 3. The van der Waals surface area contributed by atoms with E-state index < -0.39 is 30.1 Å². The first-order valence-corrected chi connectivity index (χ1v) is 10.9. The monoisotopic (exact) mass is 493 g/mol. The molecule has 11 heteroatoms. The summed E-state index contributed by atoms with van der Waals surface area (Å²) in [6, 6.07) is 10.8. The van der Waals surface area contributed by atoms with Gasteiger partial charge in [0, 0.05) is 12.2 Å². The third kappa shape index (κ3) is 5.91. The zero-order chi connectivity index (χ0) is 25.0. The highest BCUT2D eigenvalue weighted by molar-refractivity contribution is 5.96. The number of halogens is 4. The smallest absolute Gasteiger partial charge is 0.496 e. The molecule has 186 valence electrons. The Hall–Kier alpha value is -3.60. The number of benzene rings is 2. The van der Waals surface area contributed by atoms with Crippen molar-refractivity contribution < 1.29 is 36.6 Å². The number of hydrogen-bond donors (Lipinski definition) is 1. The summed E-state index contributed by atoms with van der Waals surface area (Å²) in [4.78, 5) is 12.6. The molecule has 0 aliphatic carbocycles. The van der Waals surface area contributed by atoms with Gasteiger partial charge in [0.15, 0.2) is 6.23 Å². The summed E-state index contributed by atoms with van der Waals surface area (Å²) in [6.45, 7) is 0.454. The third-order valence-electron chi connectivity index (χ3n) is 5.44. The second kappa shape index (κ2) is 10.3. The molecule has 1 unspecified atom stereocenters. The van der Waals surface area contributed by atoms with Gasteiger partial charge in [0.25, 0.3) is 5.91 Å². The number of carbonyl (C=O) groups excluding carboxylic acids is 1. The van der Waals surface area contributed by atoms with Crippen LogP contribution in [0, 0.1) is 5.82 Å².